The van der Waals surface area contributed by atoms with Gasteiger partial charge in [0.15, 0.2) is 11.5 Å². The first-order valence-electron chi connectivity index (χ1n) is 9.81. The van der Waals surface area contributed by atoms with Crippen LogP contribution in [-0.4, -0.2) is 32.9 Å². The van der Waals surface area contributed by atoms with Crippen molar-refractivity contribution in [3.8, 4) is 17.2 Å². The number of carbonyl (C=O) groups excluding carboxylic acids is 1. The lowest BCUT2D eigenvalue weighted by Crippen LogP contribution is -2.30. The molecule has 0 spiro atoms. The summed E-state index contributed by atoms with van der Waals surface area (Å²) < 4.78 is 17.6. The minimum Gasteiger partial charge on any atom is -0.496 e. The van der Waals surface area contributed by atoms with Gasteiger partial charge in [-0.25, -0.2) is 4.79 Å². The van der Waals surface area contributed by atoms with Crippen molar-refractivity contribution in [1.82, 2.24) is 5.32 Å². The van der Waals surface area contributed by atoms with Crippen molar-refractivity contribution in [3.63, 3.8) is 0 Å². The molecule has 0 radical (unpaired) electrons. The molecular weight excluding hydrogens is 436 g/mol. The lowest BCUT2D eigenvalue weighted by atomic mass is 10.1. The average Bonchev–Trinajstić information content (AvgIpc) is 3.21. The first-order chi connectivity index (χ1) is 14.1. The highest BCUT2D eigenvalue weighted by atomic mass is 79.9. The molecule has 0 aliphatic heterocycles. The van der Waals surface area contributed by atoms with Crippen LogP contribution in [0.4, 0.5) is 10.5 Å². The van der Waals surface area contributed by atoms with Gasteiger partial charge in [0.05, 0.1) is 24.8 Å². The zero-order valence-electron chi connectivity index (χ0n) is 16.8. The van der Waals surface area contributed by atoms with Gasteiger partial charge in [-0.05, 0) is 77.9 Å². The predicted octanol–water partition coefficient (Wildman–Crippen LogP) is 5.15. The van der Waals surface area contributed by atoms with E-state index in [9.17, 15) is 4.79 Å². The van der Waals surface area contributed by atoms with Crippen molar-refractivity contribution < 1.29 is 19.0 Å². The number of amides is 2. The number of halogens is 1. The van der Waals surface area contributed by atoms with Crippen LogP contribution in [0.25, 0.3) is 0 Å². The number of benzene rings is 2. The summed E-state index contributed by atoms with van der Waals surface area (Å²) in [5.41, 5.74) is 1.78. The highest BCUT2D eigenvalue weighted by Gasteiger charge is 2.19. The fourth-order valence-corrected chi connectivity index (χ4v) is 3.98. The van der Waals surface area contributed by atoms with E-state index in [0.29, 0.717) is 30.2 Å². The van der Waals surface area contributed by atoms with Crippen LogP contribution in [-0.2, 0) is 6.42 Å². The predicted molar refractivity (Wildman–Crippen MR) is 117 cm³/mol. The number of hydrogen-bond donors (Lipinski definition) is 2. The zero-order chi connectivity index (χ0) is 20.6. The Bertz CT molecular complexity index is 838. The molecule has 1 fully saturated rings. The van der Waals surface area contributed by atoms with Crippen LogP contribution in [0.3, 0.4) is 0 Å². The number of carbonyl (C=O) groups is 1. The number of anilines is 1. The highest BCUT2D eigenvalue weighted by molar-refractivity contribution is 9.10. The van der Waals surface area contributed by atoms with Gasteiger partial charge >= 0.3 is 6.03 Å². The molecule has 0 aromatic heterocycles. The van der Waals surface area contributed by atoms with Crippen LogP contribution in [0.15, 0.2) is 40.9 Å². The molecule has 156 valence electrons. The molecule has 0 bridgehead atoms. The molecule has 2 N–H and O–H groups in total. The lowest BCUT2D eigenvalue weighted by molar-refractivity contribution is 0.201. The maximum absolute atomic E-state index is 12.3. The van der Waals surface area contributed by atoms with Gasteiger partial charge in [-0.1, -0.05) is 6.07 Å². The Morgan fingerprint density at radius 3 is 2.45 bits per heavy atom. The van der Waals surface area contributed by atoms with E-state index < -0.39 is 0 Å². The van der Waals surface area contributed by atoms with E-state index >= 15 is 0 Å². The van der Waals surface area contributed by atoms with Crippen molar-refractivity contribution in [2.45, 2.75) is 38.2 Å². The third kappa shape index (κ3) is 6.03. The minimum atomic E-state index is -0.255. The van der Waals surface area contributed by atoms with Gasteiger partial charge in [-0.3, -0.25) is 0 Å². The second kappa shape index (κ2) is 10.4. The number of nitrogens with one attached hydrogen (secondary N) is 2. The molecule has 0 unspecified atom stereocenters. The monoisotopic (exact) mass is 462 g/mol. The van der Waals surface area contributed by atoms with Crippen LogP contribution in [0.5, 0.6) is 17.2 Å². The van der Waals surface area contributed by atoms with Crippen molar-refractivity contribution in [2.24, 2.45) is 0 Å². The molecule has 2 aromatic rings. The molecule has 29 heavy (non-hydrogen) atoms. The number of urea groups is 1. The molecule has 1 aliphatic carbocycles. The number of ether oxygens (including phenoxy) is 3. The summed E-state index contributed by atoms with van der Waals surface area (Å²) in [6, 6.07) is 11.1. The van der Waals surface area contributed by atoms with Gasteiger partial charge < -0.3 is 24.8 Å². The molecule has 1 aliphatic rings. The Morgan fingerprint density at radius 1 is 1.03 bits per heavy atom. The Balaban J connectivity index is 1.52. The van der Waals surface area contributed by atoms with E-state index in [1.165, 1.54) is 12.8 Å². The fraction of sp³-hybridized carbons (Fsp3) is 0.409. The van der Waals surface area contributed by atoms with Gasteiger partial charge in [0.2, 0.25) is 0 Å². The smallest absolute Gasteiger partial charge is 0.319 e. The first-order valence-corrected chi connectivity index (χ1v) is 10.6. The number of methoxy groups -OCH3 is 2. The second-order valence-corrected chi connectivity index (χ2v) is 7.84. The molecule has 2 aromatic carbocycles. The molecule has 3 rings (SSSR count). The highest BCUT2D eigenvalue weighted by Crippen LogP contribution is 2.34. The van der Waals surface area contributed by atoms with Crippen LogP contribution in [0.1, 0.15) is 31.2 Å². The van der Waals surface area contributed by atoms with Crippen molar-refractivity contribution in [2.75, 3.05) is 26.1 Å². The summed E-state index contributed by atoms with van der Waals surface area (Å²) in [6.07, 6.45) is 5.44. The summed E-state index contributed by atoms with van der Waals surface area (Å²) in [7, 11) is 3.25. The maximum Gasteiger partial charge on any atom is 0.319 e. The molecule has 2 amide bonds. The summed E-state index contributed by atoms with van der Waals surface area (Å²) >= 11 is 3.48. The summed E-state index contributed by atoms with van der Waals surface area (Å²) in [5, 5.41) is 5.74. The van der Waals surface area contributed by atoms with E-state index in [0.717, 1.165) is 28.6 Å². The molecular formula is C22H27BrN2O4. The van der Waals surface area contributed by atoms with E-state index in [1.807, 2.05) is 30.3 Å². The van der Waals surface area contributed by atoms with Crippen LogP contribution >= 0.6 is 15.9 Å². The third-order valence-corrected chi connectivity index (χ3v) is 5.55. The Morgan fingerprint density at radius 2 is 1.76 bits per heavy atom. The summed E-state index contributed by atoms with van der Waals surface area (Å²) in [6.45, 7) is 0.520. The Kier molecular flexibility index (Phi) is 7.63. The summed E-state index contributed by atoms with van der Waals surface area (Å²) in [5.74, 6) is 2.13. The molecule has 1 saturated carbocycles. The summed E-state index contributed by atoms with van der Waals surface area (Å²) in [4.78, 5) is 12.3. The molecule has 0 atom stereocenters. The second-order valence-electron chi connectivity index (χ2n) is 6.99. The van der Waals surface area contributed by atoms with Crippen LogP contribution in [0, 0.1) is 0 Å². The van der Waals surface area contributed by atoms with Gasteiger partial charge in [0.1, 0.15) is 5.75 Å². The standard InChI is InChI=1S/C22H27BrN2O4/c1-27-19-9-7-15(13-18(19)23)11-12-24-22(26)25-16-8-10-20(28-2)21(14-16)29-17-5-3-4-6-17/h7-10,13-14,17H,3-6,11-12H2,1-2H3,(H2,24,25,26). The van der Waals surface area contributed by atoms with E-state index in [4.69, 9.17) is 14.2 Å². The largest absolute Gasteiger partial charge is 0.496 e. The van der Waals surface area contributed by atoms with Crippen LogP contribution < -0.4 is 24.8 Å². The SMILES string of the molecule is COc1ccc(CCNC(=O)Nc2ccc(OC)c(OC3CCCC3)c2)cc1Br. The van der Waals surface area contributed by atoms with Gasteiger partial charge in [0, 0.05) is 18.3 Å². The maximum atomic E-state index is 12.3. The molecule has 0 saturated heterocycles. The topological polar surface area (TPSA) is 68.8 Å². The quantitative estimate of drug-likeness (QED) is 0.568. The third-order valence-electron chi connectivity index (χ3n) is 4.93. The minimum absolute atomic E-state index is 0.219. The van der Waals surface area contributed by atoms with E-state index in [1.54, 1.807) is 20.3 Å². The first kappa shape index (κ1) is 21.3. The Labute approximate surface area is 180 Å². The van der Waals surface area contributed by atoms with Gasteiger partial charge in [-0.2, -0.15) is 0 Å². The van der Waals surface area contributed by atoms with Gasteiger partial charge in [-0.15, -0.1) is 0 Å². The van der Waals surface area contributed by atoms with Gasteiger partial charge in [0.25, 0.3) is 0 Å². The lowest BCUT2D eigenvalue weighted by Gasteiger charge is -2.17. The normalized spacial score (nSPS) is 13.8. The molecule has 6 nitrogen and oxygen atoms in total. The van der Waals surface area contributed by atoms with Crippen molar-refractivity contribution in [3.05, 3.63) is 46.4 Å². The van der Waals surface area contributed by atoms with Crippen LogP contribution in [0.2, 0.25) is 0 Å². The van der Waals surface area contributed by atoms with E-state index in [2.05, 4.69) is 26.6 Å². The number of rotatable bonds is 8. The Hall–Kier alpha value is -2.41. The van der Waals surface area contributed by atoms with E-state index in [-0.39, 0.29) is 12.1 Å². The molecule has 0 heterocycles. The fourth-order valence-electron chi connectivity index (χ4n) is 3.39. The van der Waals surface area contributed by atoms with Crippen molar-refractivity contribution >= 4 is 27.6 Å². The zero-order valence-corrected chi connectivity index (χ0v) is 18.4. The van der Waals surface area contributed by atoms with Crippen molar-refractivity contribution in [1.29, 1.82) is 0 Å². The molecule has 7 heteroatoms. The number of hydrogen-bond acceptors (Lipinski definition) is 4. The average molecular weight is 463 g/mol.